The van der Waals surface area contributed by atoms with Crippen LogP contribution >= 0.6 is 0 Å². The average molecular weight is 355 g/mol. The minimum atomic E-state index is -4.36. The highest BCUT2D eigenvalue weighted by Gasteiger charge is 2.27. The van der Waals surface area contributed by atoms with E-state index in [0.29, 0.717) is 16.7 Å². The molecule has 0 heterocycles. The van der Waals surface area contributed by atoms with Gasteiger partial charge < -0.3 is 10.1 Å². The molecule has 0 bridgehead atoms. The number of benzene rings is 2. The van der Waals surface area contributed by atoms with Crippen molar-refractivity contribution in [2.24, 2.45) is 0 Å². The summed E-state index contributed by atoms with van der Waals surface area (Å²) in [5.74, 6) is -0.636. The molecule has 0 fully saturated rings. The molecule has 0 saturated heterocycles. The van der Waals surface area contributed by atoms with Crippen molar-refractivity contribution in [3.8, 4) is 0 Å². The van der Waals surface area contributed by atoms with E-state index in [1.807, 2.05) is 0 Å². The number of hydrogen-bond acceptors (Lipinski definition) is 2. The second-order valence-corrected chi connectivity index (χ2v) is 5.57. The summed E-state index contributed by atoms with van der Waals surface area (Å²) in [6.07, 6.45) is -4.36. The average Bonchev–Trinajstić information content (AvgIpc) is 2.55. The van der Waals surface area contributed by atoms with Crippen LogP contribution in [0.25, 0.3) is 0 Å². The van der Waals surface area contributed by atoms with Crippen LogP contribution in [0.5, 0.6) is 0 Å². The zero-order valence-corrected chi connectivity index (χ0v) is 13.5. The molecule has 2 rings (SSSR count). The lowest BCUT2D eigenvalue weighted by Gasteiger charge is -2.09. The third-order valence-electron chi connectivity index (χ3n) is 3.43. The predicted octanol–water partition coefficient (Wildman–Crippen LogP) is 4.14. The van der Waals surface area contributed by atoms with E-state index in [0.717, 1.165) is 5.56 Å². The summed E-state index contributed by atoms with van der Waals surface area (Å²) in [4.78, 5) is 12.1. The second-order valence-electron chi connectivity index (χ2n) is 5.57. The molecule has 1 amide bonds. The molecule has 3 nitrogen and oxygen atoms in total. The van der Waals surface area contributed by atoms with Crippen molar-refractivity contribution < 1.29 is 27.1 Å². The molecule has 0 aliphatic carbocycles. The lowest BCUT2D eigenvalue weighted by molar-refractivity contribution is -0.176. The molecule has 0 spiro atoms. The molecule has 0 unspecified atom stereocenters. The number of rotatable bonds is 6. The van der Waals surface area contributed by atoms with Crippen LogP contribution in [0.3, 0.4) is 0 Å². The molecule has 134 valence electrons. The molecule has 0 saturated carbocycles. The summed E-state index contributed by atoms with van der Waals surface area (Å²) in [7, 11) is 0. The fraction of sp³-hybridized carbons (Fsp3) is 0.278. The first-order valence-corrected chi connectivity index (χ1v) is 7.51. The van der Waals surface area contributed by atoms with Gasteiger partial charge in [0.25, 0.3) is 5.91 Å². The Morgan fingerprint density at radius 2 is 1.72 bits per heavy atom. The maximum absolute atomic E-state index is 13.2. The molecule has 0 radical (unpaired) electrons. The Morgan fingerprint density at radius 1 is 1.08 bits per heavy atom. The van der Waals surface area contributed by atoms with Gasteiger partial charge in [0.15, 0.2) is 0 Å². The number of alkyl halides is 3. The van der Waals surface area contributed by atoms with E-state index in [1.54, 1.807) is 19.1 Å². The first-order chi connectivity index (χ1) is 11.7. The maximum Gasteiger partial charge on any atom is 0.411 e. The first-order valence-electron chi connectivity index (χ1n) is 7.51. The molecule has 7 heteroatoms. The third-order valence-corrected chi connectivity index (χ3v) is 3.43. The minimum Gasteiger partial charge on any atom is -0.367 e. The molecule has 1 N–H and O–H groups in total. The Kier molecular flexibility index (Phi) is 6.14. The van der Waals surface area contributed by atoms with Crippen LogP contribution in [-0.2, 0) is 17.9 Å². The number of aryl methyl sites for hydroxylation is 1. The number of carbonyl (C=O) groups excluding carboxylic acids is 1. The zero-order chi connectivity index (χ0) is 18.4. The fourth-order valence-electron chi connectivity index (χ4n) is 2.14. The van der Waals surface area contributed by atoms with Gasteiger partial charge in [-0.25, -0.2) is 4.39 Å². The largest absolute Gasteiger partial charge is 0.411 e. The van der Waals surface area contributed by atoms with E-state index in [1.165, 1.54) is 30.3 Å². The summed E-state index contributed by atoms with van der Waals surface area (Å²) in [6, 6.07) is 10.7. The lowest BCUT2D eigenvalue weighted by Crippen LogP contribution is -2.22. The van der Waals surface area contributed by atoms with Gasteiger partial charge in [-0.1, -0.05) is 24.3 Å². The smallest absolute Gasteiger partial charge is 0.367 e. The van der Waals surface area contributed by atoms with Gasteiger partial charge in [0.2, 0.25) is 0 Å². The molecule has 0 aliphatic heterocycles. The summed E-state index contributed by atoms with van der Waals surface area (Å²) in [5, 5.41) is 2.70. The van der Waals surface area contributed by atoms with E-state index in [9.17, 15) is 22.4 Å². The van der Waals surface area contributed by atoms with E-state index >= 15 is 0 Å². The van der Waals surface area contributed by atoms with Gasteiger partial charge >= 0.3 is 6.18 Å². The summed E-state index contributed by atoms with van der Waals surface area (Å²) < 4.78 is 53.8. The highest BCUT2D eigenvalue weighted by Crippen LogP contribution is 2.16. The van der Waals surface area contributed by atoms with E-state index in [-0.39, 0.29) is 24.9 Å². The van der Waals surface area contributed by atoms with Crippen LogP contribution in [0, 0.1) is 12.7 Å². The van der Waals surface area contributed by atoms with Crippen LogP contribution in [0.4, 0.5) is 17.6 Å². The van der Waals surface area contributed by atoms with Crippen molar-refractivity contribution >= 4 is 5.91 Å². The van der Waals surface area contributed by atoms with E-state index in [4.69, 9.17) is 0 Å². The molecule has 2 aromatic rings. The zero-order valence-electron chi connectivity index (χ0n) is 13.5. The van der Waals surface area contributed by atoms with Crippen molar-refractivity contribution in [3.05, 3.63) is 70.5 Å². The Labute approximate surface area is 142 Å². The number of carbonyl (C=O) groups is 1. The SMILES string of the molecule is Cc1cc(CNC(=O)c2ccc(COCC(F)(F)F)cc2)ccc1F. The van der Waals surface area contributed by atoms with Crippen LogP contribution < -0.4 is 5.32 Å². The monoisotopic (exact) mass is 355 g/mol. The van der Waals surface area contributed by atoms with Gasteiger partial charge in [-0.15, -0.1) is 0 Å². The van der Waals surface area contributed by atoms with Crippen molar-refractivity contribution in [1.82, 2.24) is 5.32 Å². The van der Waals surface area contributed by atoms with Gasteiger partial charge in [0.1, 0.15) is 12.4 Å². The highest BCUT2D eigenvalue weighted by atomic mass is 19.4. The predicted molar refractivity (Wildman–Crippen MR) is 84.5 cm³/mol. The van der Waals surface area contributed by atoms with E-state index in [2.05, 4.69) is 10.1 Å². The topological polar surface area (TPSA) is 38.3 Å². The molecule has 2 aromatic carbocycles. The summed E-state index contributed by atoms with van der Waals surface area (Å²) >= 11 is 0. The molecule has 0 atom stereocenters. The summed E-state index contributed by atoms with van der Waals surface area (Å²) in [6.45, 7) is 0.388. The maximum atomic E-state index is 13.2. The Hall–Kier alpha value is -2.41. The normalized spacial score (nSPS) is 11.4. The van der Waals surface area contributed by atoms with Gasteiger partial charge in [-0.2, -0.15) is 13.2 Å². The van der Waals surface area contributed by atoms with Crippen LogP contribution in [-0.4, -0.2) is 18.7 Å². The molecular formula is C18H17F4NO2. The number of amides is 1. The van der Waals surface area contributed by atoms with Crippen molar-refractivity contribution in [1.29, 1.82) is 0 Å². The van der Waals surface area contributed by atoms with Gasteiger partial charge in [-0.3, -0.25) is 4.79 Å². The quantitative estimate of drug-likeness (QED) is 0.791. The van der Waals surface area contributed by atoms with Crippen molar-refractivity contribution in [2.45, 2.75) is 26.3 Å². The van der Waals surface area contributed by atoms with E-state index < -0.39 is 12.8 Å². The van der Waals surface area contributed by atoms with Gasteiger partial charge in [-0.05, 0) is 41.8 Å². The number of ether oxygens (including phenoxy) is 1. The second kappa shape index (κ2) is 8.11. The van der Waals surface area contributed by atoms with Crippen LogP contribution in [0.15, 0.2) is 42.5 Å². The van der Waals surface area contributed by atoms with Crippen molar-refractivity contribution in [2.75, 3.05) is 6.61 Å². The number of halogens is 4. The fourth-order valence-corrected chi connectivity index (χ4v) is 2.14. The Balaban J connectivity index is 1.86. The highest BCUT2D eigenvalue weighted by molar-refractivity contribution is 5.94. The van der Waals surface area contributed by atoms with Crippen LogP contribution in [0.1, 0.15) is 27.0 Å². The van der Waals surface area contributed by atoms with Crippen molar-refractivity contribution in [3.63, 3.8) is 0 Å². The number of nitrogens with one attached hydrogen (secondary N) is 1. The lowest BCUT2D eigenvalue weighted by atomic mass is 10.1. The molecule has 25 heavy (non-hydrogen) atoms. The molecule has 0 aliphatic rings. The number of hydrogen-bond donors (Lipinski definition) is 1. The van der Waals surface area contributed by atoms with Gasteiger partial charge in [0.05, 0.1) is 6.61 Å². The Morgan fingerprint density at radius 3 is 2.32 bits per heavy atom. The van der Waals surface area contributed by atoms with Gasteiger partial charge in [0, 0.05) is 12.1 Å². The first kappa shape index (κ1) is 18.9. The third kappa shape index (κ3) is 6.19. The Bertz CT molecular complexity index is 727. The molecular weight excluding hydrogens is 338 g/mol. The molecule has 0 aromatic heterocycles. The van der Waals surface area contributed by atoms with Crippen LogP contribution in [0.2, 0.25) is 0 Å². The minimum absolute atomic E-state index is 0.184. The standard InChI is InChI=1S/C18H17F4NO2/c1-12-8-14(4-7-16(12)19)9-23-17(24)15-5-2-13(3-6-15)10-25-11-18(20,21)22/h2-8H,9-11H2,1H3,(H,23,24). The summed E-state index contributed by atoms with van der Waals surface area (Å²) in [5.41, 5.74) is 2.17.